The zero-order valence-corrected chi connectivity index (χ0v) is 19.0. The molecule has 1 aliphatic rings. The van der Waals surface area contributed by atoms with E-state index in [4.69, 9.17) is 28.0 Å². The summed E-state index contributed by atoms with van der Waals surface area (Å²) in [4.78, 5) is 17.5. The lowest BCUT2D eigenvalue weighted by atomic mass is 10.1. The highest BCUT2D eigenvalue weighted by molar-refractivity contribution is 7.90. The number of halogens is 2. The number of carbonyl (C=O) groups excluding carboxylic acids is 1. The first-order valence-corrected chi connectivity index (χ1v) is 12.0. The van der Waals surface area contributed by atoms with Crippen molar-refractivity contribution < 1.29 is 18.0 Å². The van der Waals surface area contributed by atoms with Crippen molar-refractivity contribution in [1.82, 2.24) is 4.72 Å². The number of hydrogen-bond acceptors (Lipinski definition) is 5. The number of hydrogen-bond donors (Lipinski definition) is 1. The van der Waals surface area contributed by atoms with E-state index in [1.807, 2.05) is 16.9 Å². The van der Waals surface area contributed by atoms with E-state index >= 15 is 0 Å². The molecule has 0 heterocycles. The summed E-state index contributed by atoms with van der Waals surface area (Å²) >= 11 is 11.7. The SMILES string of the molecule is O=C(NS(=O)(=O)c1ccc(Cl)cc1Cl)c1ccc(ON=CC2Cc3ccccc3C2)cc1. The number of nitrogens with zero attached hydrogens (tertiary/aromatic N) is 1. The van der Waals surface area contributed by atoms with E-state index in [0.717, 1.165) is 12.8 Å². The molecule has 0 spiro atoms. The van der Waals surface area contributed by atoms with Crippen molar-refractivity contribution in [3.05, 3.63) is 93.5 Å². The highest BCUT2D eigenvalue weighted by atomic mass is 35.5. The van der Waals surface area contributed by atoms with Crippen LogP contribution in [0.25, 0.3) is 0 Å². The van der Waals surface area contributed by atoms with Crippen LogP contribution in [0.2, 0.25) is 10.0 Å². The number of rotatable bonds is 6. The number of fused-ring (bicyclic) bond motifs is 1. The van der Waals surface area contributed by atoms with E-state index in [1.165, 1.54) is 53.6 Å². The van der Waals surface area contributed by atoms with Gasteiger partial charge in [0.25, 0.3) is 15.9 Å². The van der Waals surface area contributed by atoms with Gasteiger partial charge in [-0.3, -0.25) is 4.79 Å². The van der Waals surface area contributed by atoms with Gasteiger partial charge in [0.15, 0.2) is 5.75 Å². The van der Waals surface area contributed by atoms with E-state index in [2.05, 4.69) is 17.3 Å². The Labute approximate surface area is 195 Å². The Morgan fingerprint density at radius 1 is 1.00 bits per heavy atom. The van der Waals surface area contributed by atoms with Crippen molar-refractivity contribution in [1.29, 1.82) is 0 Å². The molecule has 3 aromatic carbocycles. The van der Waals surface area contributed by atoms with Crippen LogP contribution in [0.5, 0.6) is 5.75 Å². The van der Waals surface area contributed by atoms with Crippen molar-refractivity contribution in [3.8, 4) is 5.75 Å². The Morgan fingerprint density at radius 3 is 2.28 bits per heavy atom. The lowest BCUT2D eigenvalue weighted by molar-refractivity contribution is 0.0981. The van der Waals surface area contributed by atoms with Gasteiger partial charge in [0.1, 0.15) is 4.90 Å². The lowest BCUT2D eigenvalue weighted by Gasteiger charge is -2.09. The molecule has 164 valence electrons. The summed E-state index contributed by atoms with van der Waals surface area (Å²) in [7, 11) is -4.16. The molecule has 6 nitrogen and oxygen atoms in total. The molecule has 4 rings (SSSR count). The average molecular weight is 489 g/mol. The molecule has 32 heavy (non-hydrogen) atoms. The maximum absolute atomic E-state index is 12.5. The van der Waals surface area contributed by atoms with Gasteiger partial charge in [-0.25, -0.2) is 13.1 Å². The molecule has 0 saturated heterocycles. The first kappa shape index (κ1) is 22.3. The summed E-state index contributed by atoms with van der Waals surface area (Å²) in [6.45, 7) is 0. The van der Waals surface area contributed by atoms with E-state index in [1.54, 1.807) is 6.21 Å². The smallest absolute Gasteiger partial charge is 0.265 e. The lowest BCUT2D eigenvalue weighted by Crippen LogP contribution is -2.30. The molecule has 0 unspecified atom stereocenters. The summed E-state index contributed by atoms with van der Waals surface area (Å²) in [5.74, 6) is -0.0888. The van der Waals surface area contributed by atoms with Gasteiger partial charge in [0.2, 0.25) is 0 Å². The van der Waals surface area contributed by atoms with Gasteiger partial charge >= 0.3 is 0 Å². The van der Waals surface area contributed by atoms with Crippen LogP contribution in [0.4, 0.5) is 0 Å². The Morgan fingerprint density at radius 2 is 1.66 bits per heavy atom. The second-order valence-corrected chi connectivity index (χ2v) is 9.81. The van der Waals surface area contributed by atoms with Crippen LogP contribution >= 0.6 is 23.2 Å². The normalized spacial score (nSPS) is 13.8. The molecular weight excluding hydrogens is 471 g/mol. The predicted octanol–water partition coefficient (Wildman–Crippen LogP) is 4.89. The molecule has 0 saturated carbocycles. The summed E-state index contributed by atoms with van der Waals surface area (Å²) in [5, 5.41) is 4.26. The highest BCUT2D eigenvalue weighted by Gasteiger charge is 2.22. The Hall–Kier alpha value is -2.87. The van der Waals surface area contributed by atoms with Crippen LogP contribution in [0.15, 0.2) is 76.8 Å². The third-order valence-corrected chi connectivity index (χ3v) is 7.09. The van der Waals surface area contributed by atoms with Gasteiger partial charge in [0, 0.05) is 22.7 Å². The quantitative estimate of drug-likeness (QED) is 0.395. The van der Waals surface area contributed by atoms with E-state index in [0.29, 0.717) is 5.75 Å². The molecule has 0 aromatic heterocycles. The van der Waals surface area contributed by atoms with Crippen LogP contribution in [-0.2, 0) is 22.9 Å². The molecule has 0 fully saturated rings. The standard InChI is InChI=1S/C23H18Cl2N2O4S/c24-19-7-10-22(21(25)13-19)32(29,30)27-23(28)16-5-8-20(9-6-16)31-26-14-15-11-17-3-1-2-4-18(17)12-15/h1-10,13-15H,11-12H2,(H,27,28). The molecule has 0 radical (unpaired) electrons. The molecule has 0 atom stereocenters. The fourth-order valence-electron chi connectivity index (χ4n) is 3.47. The molecule has 1 amide bonds. The molecule has 0 bridgehead atoms. The first-order chi connectivity index (χ1) is 15.3. The fourth-order valence-corrected chi connectivity index (χ4v) is 5.22. The average Bonchev–Trinajstić information content (AvgIpc) is 3.16. The first-order valence-electron chi connectivity index (χ1n) is 9.71. The van der Waals surface area contributed by atoms with Crippen molar-refractivity contribution in [2.75, 3.05) is 0 Å². The number of benzene rings is 3. The fraction of sp³-hybridized carbons (Fsp3) is 0.130. The van der Waals surface area contributed by atoms with Gasteiger partial charge in [-0.05, 0) is 66.4 Å². The number of nitrogens with one attached hydrogen (secondary N) is 1. The summed E-state index contributed by atoms with van der Waals surface area (Å²) in [6.07, 6.45) is 3.63. The number of amides is 1. The minimum atomic E-state index is -4.16. The minimum absolute atomic E-state index is 0.0789. The van der Waals surface area contributed by atoms with Crippen LogP contribution in [-0.4, -0.2) is 20.5 Å². The van der Waals surface area contributed by atoms with Gasteiger partial charge in [0.05, 0.1) is 5.02 Å². The maximum atomic E-state index is 12.5. The van der Waals surface area contributed by atoms with Crippen LogP contribution in [0.1, 0.15) is 21.5 Å². The molecule has 1 N–H and O–H groups in total. The second-order valence-electron chi connectivity index (χ2n) is 7.32. The summed E-state index contributed by atoms with van der Waals surface area (Å²) in [6, 6.07) is 18.2. The predicted molar refractivity (Wildman–Crippen MR) is 124 cm³/mol. The molecule has 3 aromatic rings. The van der Waals surface area contributed by atoms with Crippen molar-refractivity contribution in [2.24, 2.45) is 11.1 Å². The monoisotopic (exact) mass is 488 g/mol. The third-order valence-electron chi connectivity index (χ3n) is 5.04. The van der Waals surface area contributed by atoms with Crippen LogP contribution in [0.3, 0.4) is 0 Å². The van der Waals surface area contributed by atoms with Crippen molar-refractivity contribution in [3.63, 3.8) is 0 Å². The Balaban J connectivity index is 1.35. The van der Waals surface area contributed by atoms with E-state index in [9.17, 15) is 13.2 Å². The number of oxime groups is 1. The highest BCUT2D eigenvalue weighted by Crippen LogP contribution is 2.26. The van der Waals surface area contributed by atoms with Gasteiger partial charge in [-0.2, -0.15) is 0 Å². The van der Waals surface area contributed by atoms with Gasteiger partial charge < -0.3 is 4.84 Å². The second kappa shape index (κ2) is 9.32. The topological polar surface area (TPSA) is 84.8 Å². The van der Waals surface area contributed by atoms with Gasteiger partial charge in [-0.15, -0.1) is 0 Å². The van der Waals surface area contributed by atoms with E-state index < -0.39 is 15.9 Å². The Bertz CT molecular complexity index is 1270. The van der Waals surface area contributed by atoms with Gasteiger partial charge in [-0.1, -0.05) is 52.6 Å². The van der Waals surface area contributed by atoms with Crippen LogP contribution in [0, 0.1) is 5.92 Å². The zero-order valence-electron chi connectivity index (χ0n) is 16.7. The Kier molecular flexibility index (Phi) is 6.50. The van der Waals surface area contributed by atoms with E-state index in [-0.39, 0.29) is 26.4 Å². The van der Waals surface area contributed by atoms with Crippen LogP contribution < -0.4 is 9.56 Å². The van der Waals surface area contributed by atoms with Crippen molar-refractivity contribution in [2.45, 2.75) is 17.7 Å². The summed E-state index contributed by atoms with van der Waals surface area (Å²) < 4.78 is 26.9. The van der Waals surface area contributed by atoms with Crippen molar-refractivity contribution >= 4 is 45.3 Å². The third kappa shape index (κ3) is 5.12. The molecule has 0 aliphatic heterocycles. The molecule has 9 heteroatoms. The zero-order chi connectivity index (χ0) is 22.7. The minimum Gasteiger partial charge on any atom is -0.357 e. The summed E-state index contributed by atoms with van der Waals surface area (Å²) in [5.41, 5.74) is 2.80. The molecule has 1 aliphatic carbocycles. The number of carbonyl (C=O) groups is 1. The number of sulfonamides is 1. The molecular formula is C23H18Cl2N2O4S. The largest absolute Gasteiger partial charge is 0.357 e. The maximum Gasteiger partial charge on any atom is 0.265 e.